The Labute approximate surface area is 362 Å². The van der Waals surface area contributed by atoms with Gasteiger partial charge in [-0.2, -0.15) is 0 Å². The van der Waals surface area contributed by atoms with Crippen molar-refractivity contribution >= 4 is 74.6 Å². The minimum atomic E-state index is 0.0179. The lowest BCUT2D eigenvalue weighted by atomic mass is 9.77. The first-order valence-corrected chi connectivity index (χ1v) is 22.4. The Bertz CT molecular complexity index is 3390. The number of hydrogen-bond acceptors (Lipinski definition) is 1. The molecule has 1 heteroatoms. The summed E-state index contributed by atoms with van der Waals surface area (Å²) in [4.78, 5) is 0. The van der Waals surface area contributed by atoms with Crippen LogP contribution in [0.15, 0.2) is 182 Å². The summed E-state index contributed by atoms with van der Waals surface area (Å²) < 4.78 is 2.64. The second-order valence-corrected chi connectivity index (χ2v) is 19.9. The van der Waals surface area contributed by atoms with E-state index in [9.17, 15) is 0 Å². The number of fused-ring (bicyclic) bond motifs is 7. The molecule has 0 saturated carbocycles. The smallest absolute Gasteiger partial charge is 0.0434 e. The molecule has 11 rings (SSSR count). The molecule has 0 aliphatic rings. The molecule has 0 unspecified atom stereocenters. The van der Waals surface area contributed by atoms with E-state index in [1.807, 2.05) is 11.3 Å². The second-order valence-electron chi connectivity index (χ2n) is 18.8. The Kier molecular flexibility index (Phi) is 8.61. The van der Waals surface area contributed by atoms with Gasteiger partial charge in [0, 0.05) is 25.7 Å². The molecule has 0 aliphatic heterocycles. The van der Waals surface area contributed by atoms with Gasteiger partial charge in [0.2, 0.25) is 0 Å². The fraction of sp³-hybridized carbons (Fsp3) is 0.133. The summed E-state index contributed by atoms with van der Waals surface area (Å²) in [6, 6.07) is 68.5. The summed E-state index contributed by atoms with van der Waals surface area (Å²) in [6.07, 6.45) is 0. The molecule has 0 amide bonds. The van der Waals surface area contributed by atoms with Gasteiger partial charge in [0.15, 0.2) is 0 Å². The lowest BCUT2D eigenvalue weighted by Crippen LogP contribution is -2.16. The number of thiophene rings is 1. The molecule has 61 heavy (non-hydrogen) atoms. The average molecular weight is 801 g/mol. The fourth-order valence-electron chi connectivity index (χ4n) is 9.87. The highest BCUT2D eigenvalue weighted by Crippen LogP contribution is 2.50. The van der Waals surface area contributed by atoms with Gasteiger partial charge in [-0.3, -0.25) is 0 Å². The standard InChI is InChI=1S/C60H48S/c1-59(2,3)40-33-39(34-41(36-40)60(4,5)6)56-46-25-14-16-27-48(46)57(49-28-17-15-26-47(49)56)51-30-18-29-50-52-35-38(31-32-53(52)61-58(50)51)55-44-23-12-10-21-42(44)54(37-19-8-7-9-20-37)43-22-11-13-24-45(43)55/h7-36H,1-6H3. The van der Waals surface area contributed by atoms with Crippen LogP contribution in [0.3, 0.4) is 0 Å². The molecule has 0 radical (unpaired) electrons. The lowest BCUT2D eigenvalue weighted by Gasteiger charge is -2.27. The van der Waals surface area contributed by atoms with E-state index in [2.05, 4.69) is 224 Å². The summed E-state index contributed by atoms with van der Waals surface area (Å²) in [6.45, 7) is 14.0. The summed E-state index contributed by atoms with van der Waals surface area (Å²) in [5.74, 6) is 0. The molecule has 0 N–H and O–H groups in total. The van der Waals surface area contributed by atoms with Crippen LogP contribution in [0.25, 0.3) is 108 Å². The third-order valence-corrected chi connectivity index (χ3v) is 14.2. The van der Waals surface area contributed by atoms with Crippen molar-refractivity contribution in [3.63, 3.8) is 0 Å². The number of hydrogen-bond donors (Lipinski definition) is 0. The maximum Gasteiger partial charge on any atom is 0.0434 e. The molecule has 1 aromatic heterocycles. The molecule has 11 aromatic rings. The zero-order chi connectivity index (χ0) is 41.6. The third kappa shape index (κ3) is 6.09. The van der Waals surface area contributed by atoms with E-state index in [1.165, 1.54) is 119 Å². The van der Waals surface area contributed by atoms with Crippen LogP contribution in [-0.2, 0) is 10.8 Å². The summed E-state index contributed by atoms with van der Waals surface area (Å²) >= 11 is 1.92. The van der Waals surface area contributed by atoms with Gasteiger partial charge in [0.05, 0.1) is 0 Å². The van der Waals surface area contributed by atoms with Crippen molar-refractivity contribution in [1.82, 2.24) is 0 Å². The molecule has 294 valence electrons. The van der Waals surface area contributed by atoms with Gasteiger partial charge in [0.25, 0.3) is 0 Å². The summed E-state index contributed by atoms with van der Waals surface area (Å²) in [7, 11) is 0. The van der Waals surface area contributed by atoms with Gasteiger partial charge in [0.1, 0.15) is 0 Å². The normalized spacial score (nSPS) is 12.4. The second kappa shape index (κ2) is 14.0. The van der Waals surface area contributed by atoms with E-state index in [4.69, 9.17) is 0 Å². The molecule has 0 aliphatic carbocycles. The third-order valence-electron chi connectivity index (χ3n) is 12.9. The van der Waals surface area contributed by atoms with E-state index in [1.54, 1.807) is 0 Å². The molecule has 0 spiro atoms. The van der Waals surface area contributed by atoms with Crippen LogP contribution in [0, 0.1) is 0 Å². The predicted molar refractivity (Wildman–Crippen MR) is 268 cm³/mol. The first kappa shape index (κ1) is 37.5. The van der Waals surface area contributed by atoms with Crippen LogP contribution < -0.4 is 0 Å². The van der Waals surface area contributed by atoms with E-state index in [-0.39, 0.29) is 10.8 Å². The number of benzene rings is 10. The minimum absolute atomic E-state index is 0.0179. The average Bonchev–Trinajstić information content (AvgIpc) is 3.65. The van der Waals surface area contributed by atoms with Crippen LogP contribution in [0.5, 0.6) is 0 Å². The Hall–Kier alpha value is -6.54. The van der Waals surface area contributed by atoms with Crippen LogP contribution in [-0.4, -0.2) is 0 Å². The molecule has 1 heterocycles. The molecule has 0 bridgehead atoms. The van der Waals surface area contributed by atoms with E-state index >= 15 is 0 Å². The topological polar surface area (TPSA) is 0 Å². The van der Waals surface area contributed by atoms with Crippen LogP contribution >= 0.6 is 11.3 Å². The highest BCUT2D eigenvalue weighted by molar-refractivity contribution is 7.26. The molecule has 0 atom stereocenters. The van der Waals surface area contributed by atoms with Crippen molar-refractivity contribution in [2.45, 2.75) is 52.4 Å². The monoisotopic (exact) mass is 800 g/mol. The van der Waals surface area contributed by atoms with Gasteiger partial charge < -0.3 is 0 Å². The zero-order valence-corrected chi connectivity index (χ0v) is 36.5. The molecule has 0 saturated heterocycles. The van der Waals surface area contributed by atoms with Crippen molar-refractivity contribution in [2.24, 2.45) is 0 Å². The Balaban J connectivity index is 1.16. The summed E-state index contributed by atoms with van der Waals surface area (Å²) in [5.41, 5.74) is 13.1. The largest absolute Gasteiger partial charge is 0.135 e. The maximum absolute atomic E-state index is 2.46. The Morgan fingerprint density at radius 1 is 0.295 bits per heavy atom. The van der Waals surface area contributed by atoms with E-state index in [0.29, 0.717) is 0 Å². The van der Waals surface area contributed by atoms with Crippen LogP contribution in [0.4, 0.5) is 0 Å². The van der Waals surface area contributed by atoms with Gasteiger partial charge in [-0.15, -0.1) is 11.3 Å². The van der Waals surface area contributed by atoms with Crippen molar-refractivity contribution < 1.29 is 0 Å². The fourth-order valence-corrected chi connectivity index (χ4v) is 11.1. The number of rotatable bonds is 4. The molecular formula is C60H48S. The molecule has 0 nitrogen and oxygen atoms in total. The quantitative estimate of drug-likeness (QED) is 0.156. The van der Waals surface area contributed by atoms with Gasteiger partial charge >= 0.3 is 0 Å². The van der Waals surface area contributed by atoms with Crippen molar-refractivity contribution in [2.75, 3.05) is 0 Å². The molecule has 0 fully saturated rings. The first-order valence-electron chi connectivity index (χ1n) is 21.6. The summed E-state index contributed by atoms with van der Waals surface area (Å²) in [5, 5.41) is 12.9. The van der Waals surface area contributed by atoms with Crippen molar-refractivity contribution in [1.29, 1.82) is 0 Å². The molecule has 10 aromatic carbocycles. The van der Waals surface area contributed by atoms with Gasteiger partial charge in [-0.1, -0.05) is 211 Å². The predicted octanol–water partition coefficient (Wildman–Crippen LogP) is 17.9. The highest BCUT2D eigenvalue weighted by atomic mass is 32.1. The molecular weight excluding hydrogens is 753 g/mol. The van der Waals surface area contributed by atoms with Crippen LogP contribution in [0.2, 0.25) is 0 Å². The Morgan fingerprint density at radius 2 is 0.705 bits per heavy atom. The van der Waals surface area contributed by atoms with Crippen molar-refractivity contribution in [3.8, 4) is 44.5 Å². The lowest BCUT2D eigenvalue weighted by molar-refractivity contribution is 0.569. The first-order chi connectivity index (χ1) is 29.5. The minimum Gasteiger partial charge on any atom is -0.135 e. The highest BCUT2D eigenvalue weighted by Gasteiger charge is 2.25. The maximum atomic E-state index is 2.46. The van der Waals surface area contributed by atoms with Crippen LogP contribution in [0.1, 0.15) is 52.7 Å². The van der Waals surface area contributed by atoms with Crippen molar-refractivity contribution in [3.05, 3.63) is 193 Å². The van der Waals surface area contributed by atoms with E-state index < -0.39 is 0 Å². The van der Waals surface area contributed by atoms with Gasteiger partial charge in [-0.05, 0) is 116 Å². The Morgan fingerprint density at radius 3 is 1.18 bits per heavy atom. The SMILES string of the molecule is CC(C)(C)c1cc(-c2c3ccccc3c(-c3cccc4c3sc3ccc(-c5c6ccccc6c(-c6ccccc6)c6ccccc56)cc34)c3ccccc23)cc(C(C)(C)C)c1. The zero-order valence-electron chi connectivity index (χ0n) is 35.7. The van der Waals surface area contributed by atoms with E-state index in [0.717, 1.165) is 0 Å². The van der Waals surface area contributed by atoms with Gasteiger partial charge in [-0.25, -0.2) is 0 Å².